The molecule has 7 heteroatoms. The Bertz CT molecular complexity index is 690. The maximum absolute atomic E-state index is 12.8. The summed E-state index contributed by atoms with van der Waals surface area (Å²) in [4.78, 5) is 25.5. The Balaban J connectivity index is 1.69. The predicted molar refractivity (Wildman–Crippen MR) is 95.5 cm³/mol. The van der Waals surface area contributed by atoms with Crippen LogP contribution in [0.25, 0.3) is 0 Å². The van der Waals surface area contributed by atoms with E-state index in [4.69, 9.17) is 4.74 Å². The standard InChI is InChI=1S/C18H25N5O2/c1-3-22(14-17-19-7-9-21(17)2)18(24)15-5-6-16(20-13-15)23-8-4-11-25-12-10-23/h5-7,9,13H,3-4,8,10-12,14H2,1-2H3. The number of ether oxygens (including phenoxy) is 1. The summed E-state index contributed by atoms with van der Waals surface area (Å²) in [5, 5.41) is 0. The van der Waals surface area contributed by atoms with Crippen LogP contribution in [-0.4, -0.2) is 58.2 Å². The molecule has 0 unspecified atom stereocenters. The van der Waals surface area contributed by atoms with Crippen LogP contribution >= 0.6 is 0 Å². The maximum atomic E-state index is 12.8. The molecule has 0 N–H and O–H groups in total. The van der Waals surface area contributed by atoms with Crippen LogP contribution in [0.1, 0.15) is 29.5 Å². The molecule has 0 saturated carbocycles. The van der Waals surface area contributed by atoms with Crippen molar-refractivity contribution in [3.05, 3.63) is 42.1 Å². The molecule has 2 aromatic heterocycles. The van der Waals surface area contributed by atoms with E-state index in [1.54, 1.807) is 17.3 Å². The van der Waals surface area contributed by atoms with Gasteiger partial charge < -0.3 is 19.1 Å². The van der Waals surface area contributed by atoms with Crippen molar-refractivity contribution in [1.82, 2.24) is 19.4 Å². The molecule has 1 fully saturated rings. The van der Waals surface area contributed by atoms with Crippen LogP contribution in [-0.2, 0) is 18.3 Å². The first-order valence-electron chi connectivity index (χ1n) is 8.73. The minimum atomic E-state index is -0.0243. The second kappa shape index (κ2) is 8.11. The zero-order valence-electron chi connectivity index (χ0n) is 14.9. The van der Waals surface area contributed by atoms with Crippen molar-refractivity contribution in [3.8, 4) is 0 Å². The van der Waals surface area contributed by atoms with Gasteiger partial charge in [0.05, 0.1) is 18.7 Å². The Hall–Kier alpha value is -2.41. The second-order valence-electron chi connectivity index (χ2n) is 6.13. The van der Waals surface area contributed by atoms with Crippen LogP contribution in [0.5, 0.6) is 0 Å². The fraction of sp³-hybridized carbons (Fsp3) is 0.500. The van der Waals surface area contributed by atoms with Gasteiger partial charge in [0, 0.05) is 51.9 Å². The van der Waals surface area contributed by atoms with Crippen LogP contribution in [0.2, 0.25) is 0 Å². The van der Waals surface area contributed by atoms with Gasteiger partial charge in [-0.3, -0.25) is 4.79 Å². The van der Waals surface area contributed by atoms with E-state index in [9.17, 15) is 4.79 Å². The van der Waals surface area contributed by atoms with Gasteiger partial charge in [0.1, 0.15) is 11.6 Å². The van der Waals surface area contributed by atoms with Gasteiger partial charge in [0.25, 0.3) is 5.91 Å². The number of aryl methyl sites for hydroxylation is 1. The van der Waals surface area contributed by atoms with Crippen LogP contribution in [0.3, 0.4) is 0 Å². The summed E-state index contributed by atoms with van der Waals surface area (Å²) in [6.07, 6.45) is 6.30. The fourth-order valence-electron chi connectivity index (χ4n) is 2.90. The topological polar surface area (TPSA) is 63.5 Å². The van der Waals surface area contributed by atoms with E-state index in [1.165, 1.54) is 0 Å². The first-order valence-corrected chi connectivity index (χ1v) is 8.73. The minimum absolute atomic E-state index is 0.0243. The molecule has 7 nitrogen and oxygen atoms in total. The number of carbonyl (C=O) groups excluding carboxylic acids is 1. The summed E-state index contributed by atoms with van der Waals surface area (Å²) in [5.74, 6) is 1.74. The molecule has 0 aromatic carbocycles. The zero-order valence-corrected chi connectivity index (χ0v) is 14.9. The Labute approximate surface area is 148 Å². The Morgan fingerprint density at radius 2 is 2.16 bits per heavy atom. The molecule has 0 spiro atoms. The van der Waals surface area contributed by atoms with Gasteiger partial charge in [-0.1, -0.05) is 0 Å². The molecule has 3 rings (SSSR count). The SMILES string of the molecule is CCN(Cc1nccn1C)C(=O)c1ccc(N2CCCOCC2)nc1. The third kappa shape index (κ3) is 4.17. The molecule has 134 valence electrons. The highest BCUT2D eigenvalue weighted by molar-refractivity contribution is 5.94. The van der Waals surface area contributed by atoms with Crippen LogP contribution in [0.15, 0.2) is 30.7 Å². The molecule has 0 aliphatic carbocycles. The number of aromatic nitrogens is 3. The number of hydrogen-bond donors (Lipinski definition) is 0. The molecule has 0 radical (unpaired) electrons. The van der Waals surface area contributed by atoms with Crippen molar-refractivity contribution < 1.29 is 9.53 Å². The number of carbonyl (C=O) groups is 1. The van der Waals surface area contributed by atoms with Gasteiger partial charge in [-0.15, -0.1) is 0 Å². The third-order valence-corrected chi connectivity index (χ3v) is 4.46. The van der Waals surface area contributed by atoms with E-state index in [0.717, 1.165) is 44.4 Å². The summed E-state index contributed by atoms with van der Waals surface area (Å²) >= 11 is 0. The number of imidazole rings is 1. The number of pyridine rings is 1. The number of anilines is 1. The van der Waals surface area contributed by atoms with E-state index < -0.39 is 0 Å². The molecule has 2 aromatic rings. The molecular weight excluding hydrogens is 318 g/mol. The summed E-state index contributed by atoms with van der Waals surface area (Å²) < 4.78 is 7.40. The van der Waals surface area contributed by atoms with E-state index in [-0.39, 0.29) is 5.91 Å². The molecule has 1 aliphatic heterocycles. The number of rotatable bonds is 5. The fourth-order valence-corrected chi connectivity index (χ4v) is 2.90. The minimum Gasteiger partial charge on any atom is -0.380 e. The quantitative estimate of drug-likeness (QED) is 0.827. The van der Waals surface area contributed by atoms with Gasteiger partial charge in [-0.25, -0.2) is 9.97 Å². The van der Waals surface area contributed by atoms with Crippen molar-refractivity contribution in [1.29, 1.82) is 0 Å². The monoisotopic (exact) mass is 343 g/mol. The molecule has 25 heavy (non-hydrogen) atoms. The third-order valence-electron chi connectivity index (χ3n) is 4.46. The first kappa shape index (κ1) is 17.4. The highest BCUT2D eigenvalue weighted by Crippen LogP contribution is 2.15. The lowest BCUT2D eigenvalue weighted by Crippen LogP contribution is -2.31. The lowest BCUT2D eigenvalue weighted by atomic mass is 10.2. The van der Waals surface area contributed by atoms with Crippen molar-refractivity contribution >= 4 is 11.7 Å². The zero-order chi connectivity index (χ0) is 17.6. The predicted octanol–water partition coefficient (Wildman–Crippen LogP) is 1.70. The van der Waals surface area contributed by atoms with Crippen LogP contribution < -0.4 is 4.90 Å². The molecule has 1 saturated heterocycles. The Morgan fingerprint density at radius 1 is 1.28 bits per heavy atom. The summed E-state index contributed by atoms with van der Waals surface area (Å²) in [6, 6.07) is 3.78. The van der Waals surface area contributed by atoms with E-state index in [0.29, 0.717) is 18.7 Å². The maximum Gasteiger partial charge on any atom is 0.255 e. The lowest BCUT2D eigenvalue weighted by molar-refractivity contribution is 0.0747. The van der Waals surface area contributed by atoms with Gasteiger partial charge in [-0.05, 0) is 25.5 Å². The van der Waals surface area contributed by atoms with Crippen molar-refractivity contribution in [3.63, 3.8) is 0 Å². The summed E-state index contributed by atoms with van der Waals surface area (Å²) in [6.45, 7) is 6.36. The first-order chi connectivity index (χ1) is 12.2. The van der Waals surface area contributed by atoms with Gasteiger partial charge >= 0.3 is 0 Å². The van der Waals surface area contributed by atoms with Gasteiger partial charge in [-0.2, -0.15) is 0 Å². The van der Waals surface area contributed by atoms with E-state index >= 15 is 0 Å². The second-order valence-corrected chi connectivity index (χ2v) is 6.13. The van der Waals surface area contributed by atoms with E-state index in [2.05, 4.69) is 14.9 Å². The average molecular weight is 343 g/mol. The smallest absolute Gasteiger partial charge is 0.255 e. The lowest BCUT2D eigenvalue weighted by Gasteiger charge is -2.22. The van der Waals surface area contributed by atoms with Crippen molar-refractivity contribution in [2.24, 2.45) is 7.05 Å². The Kier molecular flexibility index (Phi) is 5.65. The molecule has 3 heterocycles. The van der Waals surface area contributed by atoms with Gasteiger partial charge in [0.2, 0.25) is 0 Å². The number of hydrogen-bond acceptors (Lipinski definition) is 5. The average Bonchev–Trinajstić information content (AvgIpc) is 2.88. The van der Waals surface area contributed by atoms with Crippen LogP contribution in [0, 0.1) is 0 Å². The number of amides is 1. The highest BCUT2D eigenvalue weighted by Gasteiger charge is 2.18. The summed E-state index contributed by atoms with van der Waals surface area (Å²) in [5.41, 5.74) is 0.603. The number of nitrogens with zero attached hydrogens (tertiary/aromatic N) is 5. The van der Waals surface area contributed by atoms with E-state index in [1.807, 2.05) is 36.9 Å². The Morgan fingerprint density at radius 3 is 2.84 bits per heavy atom. The molecule has 1 amide bonds. The van der Waals surface area contributed by atoms with Crippen molar-refractivity contribution in [2.45, 2.75) is 19.9 Å². The van der Waals surface area contributed by atoms with Crippen molar-refractivity contribution in [2.75, 3.05) is 37.7 Å². The normalized spacial score (nSPS) is 15.0. The molecule has 0 atom stereocenters. The molecule has 0 bridgehead atoms. The van der Waals surface area contributed by atoms with Gasteiger partial charge in [0.15, 0.2) is 0 Å². The largest absolute Gasteiger partial charge is 0.380 e. The highest BCUT2D eigenvalue weighted by atomic mass is 16.5. The molecular formula is C18H25N5O2. The van der Waals surface area contributed by atoms with Crippen LogP contribution in [0.4, 0.5) is 5.82 Å². The summed E-state index contributed by atoms with van der Waals surface area (Å²) in [7, 11) is 1.93. The molecule has 1 aliphatic rings.